The standard InChI is InChI=1S/C13H25N3O3/c1-5-16(10(2)8-12(17)18)13(19)15-7-6-11(9-15)14(3)4/h10-11H,5-9H2,1-4H3,(H,17,18). The second kappa shape index (κ2) is 6.75. The lowest BCUT2D eigenvalue weighted by molar-refractivity contribution is -0.138. The molecule has 0 radical (unpaired) electrons. The van der Waals surface area contributed by atoms with Crippen molar-refractivity contribution in [1.82, 2.24) is 14.7 Å². The van der Waals surface area contributed by atoms with Crippen molar-refractivity contribution in [3.05, 3.63) is 0 Å². The third kappa shape index (κ3) is 4.09. The zero-order valence-electron chi connectivity index (χ0n) is 12.3. The van der Waals surface area contributed by atoms with E-state index >= 15 is 0 Å². The van der Waals surface area contributed by atoms with Crippen molar-refractivity contribution in [1.29, 1.82) is 0 Å². The van der Waals surface area contributed by atoms with Crippen molar-refractivity contribution >= 4 is 12.0 Å². The molecule has 0 spiro atoms. The first-order valence-corrected chi connectivity index (χ1v) is 6.80. The van der Waals surface area contributed by atoms with Crippen molar-refractivity contribution in [2.75, 3.05) is 33.7 Å². The number of urea groups is 1. The Hall–Kier alpha value is -1.30. The quantitative estimate of drug-likeness (QED) is 0.808. The summed E-state index contributed by atoms with van der Waals surface area (Å²) >= 11 is 0. The number of aliphatic carboxylic acids is 1. The van der Waals surface area contributed by atoms with Crippen molar-refractivity contribution in [3.8, 4) is 0 Å². The van der Waals surface area contributed by atoms with Gasteiger partial charge in [0.2, 0.25) is 0 Å². The van der Waals surface area contributed by atoms with Gasteiger partial charge in [0.15, 0.2) is 0 Å². The van der Waals surface area contributed by atoms with Gasteiger partial charge in [-0.15, -0.1) is 0 Å². The minimum Gasteiger partial charge on any atom is -0.481 e. The summed E-state index contributed by atoms with van der Waals surface area (Å²) in [6.07, 6.45) is 0.966. The van der Waals surface area contributed by atoms with Gasteiger partial charge >= 0.3 is 12.0 Å². The van der Waals surface area contributed by atoms with Gasteiger partial charge in [0, 0.05) is 31.7 Å². The van der Waals surface area contributed by atoms with Crippen LogP contribution >= 0.6 is 0 Å². The first-order chi connectivity index (χ1) is 8.86. The maximum absolute atomic E-state index is 12.4. The fourth-order valence-electron chi connectivity index (χ4n) is 2.52. The monoisotopic (exact) mass is 271 g/mol. The molecule has 2 amide bonds. The Morgan fingerprint density at radius 1 is 1.42 bits per heavy atom. The Bertz CT molecular complexity index is 333. The highest BCUT2D eigenvalue weighted by Crippen LogP contribution is 2.17. The Balaban J connectivity index is 2.62. The van der Waals surface area contributed by atoms with Crippen molar-refractivity contribution in [3.63, 3.8) is 0 Å². The lowest BCUT2D eigenvalue weighted by atomic mass is 10.2. The molecule has 1 heterocycles. The van der Waals surface area contributed by atoms with Crippen LogP contribution in [0.5, 0.6) is 0 Å². The molecular formula is C13H25N3O3. The number of rotatable bonds is 5. The molecule has 0 aliphatic carbocycles. The molecule has 1 aliphatic rings. The molecule has 1 aliphatic heterocycles. The Labute approximate surface area is 115 Å². The highest BCUT2D eigenvalue weighted by Gasteiger charge is 2.31. The van der Waals surface area contributed by atoms with Crippen molar-refractivity contribution in [2.45, 2.75) is 38.8 Å². The van der Waals surface area contributed by atoms with Gasteiger partial charge in [0.25, 0.3) is 0 Å². The minimum absolute atomic E-state index is 0.00940. The fourth-order valence-corrected chi connectivity index (χ4v) is 2.52. The topological polar surface area (TPSA) is 64.1 Å². The van der Waals surface area contributed by atoms with Gasteiger partial charge in [0.05, 0.1) is 6.42 Å². The van der Waals surface area contributed by atoms with Gasteiger partial charge in [-0.3, -0.25) is 4.79 Å². The van der Waals surface area contributed by atoms with Crippen LogP contribution in [0, 0.1) is 0 Å². The molecule has 19 heavy (non-hydrogen) atoms. The molecule has 1 saturated heterocycles. The molecule has 110 valence electrons. The molecular weight excluding hydrogens is 246 g/mol. The molecule has 2 atom stereocenters. The maximum atomic E-state index is 12.4. The molecule has 1 rings (SSSR count). The molecule has 0 aromatic heterocycles. The first kappa shape index (κ1) is 15.8. The average molecular weight is 271 g/mol. The van der Waals surface area contributed by atoms with E-state index in [0.29, 0.717) is 12.6 Å². The molecule has 0 bridgehead atoms. The number of carboxylic acid groups (broad SMARTS) is 1. The van der Waals surface area contributed by atoms with Gasteiger partial charge in [-0.2, -0.15) is 0 Å². The predicted molar refractivity (Wildman–Crippen MR) is 73.2 cm³/mol. The van der Waals surface area contributed by atoms with E-state index in [0.717, 1.165) is 19.5 Å². The van der Waals surface area contributed by atoms with E-state index in [4.69, 9.17) is 5.11 Å². The number of carbonyl (C=O) groups is 2. The van der Waals surface area contributed by atoms with Crippen LogP contribution in [0.2, 0.25) is 0 Å². The lowest BCUT2D eigenvalue weighted by Crippen LogP contribution is -2.47. The number of likely N-dealkylation sites (tertiary alicyclic amines) is 1. The Morgan fingerprint density at radius 2 is 2.05 bits per heavy atom. The lowest BCUT2D eigenvalue weighted by Gasteiger charge is -2.31. The molecule has 2 unspecified atom stereocenters. The Morgan fingerprint density at radius 3 is 2.47 bits per heavy atom. The van der Waals surface area contributed by atoms with Crippen molar-refractivity contribution in [2.24, 2.45) is 0 Å². The molecule has 6 nitrogen and oxygen atoms in total. The third-order valence-corrected chi connectivity index (χ3v) is 3.75. The second-order valence-electron chi connectivity index (χ2n) is 5.37. The van der Waals surface area contributed by atoms with Gasteiger partial charge < -0.3 is 19.8 Å². The zero-order chi connectivity index (χ0) is 14.6. The summed E-state index contributed by atoms with van der Waals surface area (Å²) in [6, 6.07) is 0.0893. The molecule has 1 fully saturated rings. The summed E-state index contributed by atoms with van der Waals surface area (Å²) in [5.74, 6) is -0.869. The molecule has 6 heteroatoms. The number of carbonyl (C=O) groups excluding carboxylic acids is 1. The first-order valence-electron chi connectivity index (χ1n) is 6.80. The van der Waals surface area contributed by atoms with Gasteiger partial charge in [-0.05, 0) is 34.4 Å². The van der Waals surface area contributed by atoms with Crippen LogP contribution in [0.4, 0.5) is 4.79 Å². The van der Waals surface area contributed by atoms with E-state index in [-0.39, 0.29) is 18.5 Å². The number of likely N-dealkylation sites (N-methyl/N-ethyl adjacent to an activating group) is 1. The average Bonchev–Trinajstić information content (AvgIpc) is 2.77. The van der Waals surface area contributed by atoms with Crippen LogP contribution < -0.4 is 0 Å². The van der Waals surface area contributed by atoms with E-state index in [2.05, 4.69) is 4.90 Å². The molecule has 0 aromatic rings. The number of amides is 2. The summed E-state index contributed by atoms with van der Waals surface area (Å²) in [5, 5.41) is 8.83. The summed E-state index contributed by atoms with van der Waals surface area (Å²) in [6.45, 7) is 5.68. The number of carboxylic acids is 1. The van der Waals surface area contributed by atoms with Crippen molar-refractivity contribution < 1.29 is 14.7 Å². The van der Waals surface area contributed by atoms with E-state index in [1.54, 1.807) is 11.8 Å². The van der Waals surface area contributed by atoms with Crippen LogP contribution in [0.1, 0.15) is 26.7 Å². The van der Waals surface area contributed by atoms with E-state index < -0.39 is 5.97 Å². The van der Waals surface area contributed by atoms with Crippen LogP contribution in [0.15, 0.2) is 0 Å². The molecule has 0 saturated carbocycles. The SMILES string of the molecule is CCN(C(=O)N1CCC(N(C)C)C1)C(C)CC(=O)O. The highest BCUT2D eigenvalue weighted by molar-refractivity contribution is 5.76. The summed E-state index contributed by atoms with van der Waals surface area (Å²) in [5.41, 5.74) is 0. The summed E-state index contributed by atoms with van der Waals surface area (Å²) < 4.78 is 0. The van der Waals surface area contributed by atoms with Gasteiger partial charge in [-0.1, -0.05) is 0 Å². The fraction of sp³-hybridized carbons (Fsp3) is 0.846. The highest BCUT2D eigenvalue weighted by atomic mass is 16.4. The zero-order valence-corrected chi connectivity index (χ0v) is 12.3. The van der Waals surface area contributed by atoms with Crippen LogP contribution in [0.3, 0.4) is 0 Å². The van der Waals surface area contributed by atoms with E-state index in [9.17, 15) is 9.59 Å². The van der Waals surface area contributed by atoms with E-state index in [1.807, 2.05) is 25.9 Å². The smallest absolute Gasteiger partial charge is 0.320 e. The number of hydrogen-bond acceptors (Lipinski definition) is 3. The number of hydrogen-bond donors (Lipinski definition) is 1. The largest absolute Gasteiger partial charge is 0.481 e. The summed E-state index contributed by atoms with van der Waals surface area (Å²) in [4.78, 5) is 28.8. The summed E-state index contributed by atoms with van der Waals surface area (Å²) in [7, 11) is 4.03. The van der Waals surface area contributed by atoms with Gasteiger partial charge in [-0.25, -0.2) is 4.79 Å². The van der Waals surface area contributed by atoms with Gasteiger partial charge in [0.1, 0.15) is 0 Å². The molecule has 0 aromatic carbocycles. The normalized spacial score (nSPS) is 20.7. The van der Waals surface area contributed by atoms with Crippen LogP contribution in [-0.4, -0.2) is 77.6 Å². The maximum Gasteiger partial charge on any atom is 0.320 e. The molecule has 1 N–H and O–H groups in total. The second-order valence-corrected chi connectivity index (χ2v) is 5.37. The van der Waals surface area contributed by atoms with Crippen LogP contribution in [0.25, 0.3) is 0 Å². The minimum atomic E-state index is -0.869. The van der Waals surface area contributed by atoms with E-state index in [1.165, 1.54) is 0 Å². The third-order valence-electron chi connectivity index (χ3n) is 3.75. The van der Waals surface area contributed by atoms with Crippen LogP contribution in [-0.2, 0) is 4.79 Å². The predicted octanol–water partition coefficient (Wildman–Crippen LogP) is 0.927. The number of nitrogens with zero attached hydrogens (tertiary/aromatic N) is 3. The Kier molecular flexibility index (Phi) is 5.60.